The molecule has 0 saturated carbocycles. The molecule has 29 heavy (non-hydrogen) atoms. The first-order valence-electron chi connectivity index (χ1n) is 10.6. The Hall–Kier alpha value is -2.82. The summed E-state index contributed by atoms with van der Waals surface area (Å²) in [7, 11) is 0. The SMILES string of the molecule is O=C(CCOc1ccccc1)N1CCC(C(=O)N2CCCc3ccccc32)CC1. The molecule has 2 aromatic rings. The molecule has 2 heterocycles. The van der Waals surface area contributed by atoms with E-state index in [1.807, 2.05) is 52.3 Å². The van der Waals surface area contributed by atoms with E-state index in [-0.39, 0.29) is 17.7 Å². The Morgan fingerprint density at radius 2 is 1.66 bits per heavy atom. The fourth-order valence-corrected chi connectivity index (χ4v) is 4.29. The molecular formula is C24H28N2O3. The van der Waals surface area contributed by atoms with E-state index in [2.05, 4.69) is 12.1 Å². The molecule has 1 fully saturated rings. The molecule has 0 radical (unpaired) electrons. The van der Waals surface area contributed by atoms with Gasteiger partial charge >= 0.3 is 0 Å². The van der Waals surface area contributed by atoms with Crippen LogP contribution in [0, 0.1) is 5.92 Å². The zero-order chi connectivity index (χ0) is 20.1. The van der Waals surface area contributed by atoms with Gasteiger partial charge in [-0.3, -0.25) is 9.59 Å². The molecule has 2 aromatic carbocycles. The summed E-state index contributed by atoms with van der Waals surface area (Å²) in [5.41, 5.74) is 2.33. The molecule has 0 spiro atoms. The number of likely N-dealkylation sites (tertiary alicyclic amines) is 1. The van der Waals surface area contributed by atoms with Crippen LogP contribution in [0.2, 0.25) is 0 Å². The molecule has 0 atom stereocenters. The van der Waals surface area contributed by atoms with Crippen molar-refractivity contribution in [2.75, 3.05) is 31.1 Å². The summed E-state index contributed by atoms with van der Waals surface area (Å²) in [5.74, 6) is 1.11. The van der Waals surface area contributed by atoms with E-state index in [4.69, 9.17) is 4.74 Å². The number of nitrogens with zero attached hydrogens (tertiary/aromatic N) is 2. The highest BCUT2D eigenvalue weighted by Crippen LogP contribution is 2.30. The van der Waals surface area contributed by atoms with Crippen LogP contribution in [0.25, 0.3) is 0 Å². The number of anilines is 1. The standard InChI is InChI=1S/C24H28N2O3/c27-23(14-18-29-21-9-2-1-3-10-21)25-16-12-20(13-17-25)24(28)26-15-6-8-19-7-4-5-11-22(19)26/h1-5,7,9-11,20H,6,8,12-18H2. The molecule has 0 N–H and O–H groups in total. The fourth-order valence-electron chi connectivity index (χ4n) is 4.29. The zero-order valence-electron chi connectivity index (χ0n) is 16.8. The Balaban J connectivity index is 1.26. The van der Waals surface area contributed by atoms with Gasteiger partial charge in [-0.2, -0.15) is 0 Å². The van der Waals surface area contributed by atoms with Crippen LogP contribution < -0.4 is 9.64 Å². The van der Waals surface area contributed by atoms with Crippen molar-refractivity contribution in [2.45, 2.75) is 32.1 Å². The number of carbonyl (C=O) groups excluding carboxylic acids is 2. The minimum Gasteiger partial charge on any atom is -0.493 e. The number of rotatable bonds is 5. The quantitative estimate of drug-likeness (QED) is 0.780. The van der Waals surface area contributed by atoms with E-state index < -0.39 is 0 Å². The van der Waals surface area contributed by atoms with Gasteiger partial charge in [0.05, 0.1) is 13.0 Å². The predicted molar refractivity (Wildman–Crippen MR) is 113 cm³/mol. The first kappa shape index (κ1) is 19.5. The van der Waals surface area contributed by atoms with E-state index in [9.17, 15) is 9.59 Å². The number of hydrogen-bond donors (Lipinski definition) is 0. The summed E-state index contributed by atoms with van der Waals surface area (Å²) >= 11 is 0. The number of amides is 2. The molecule has 2 aliphatic rings. The molecule has 5 heteroatoms. The molecule has 152 valence electrons. The number of aryl methyl sites for hydroxylation is 1. The van der Waals surface area contributed by atoms with Crippen molar-refractivity contribution in [3.63, 3.8) is 0 Å². The van der Waals surface area contributed by atoms with Crippen LogP contribution in [-0.2, 0) is 16.0 Å². The fraction of sp³-hybridized carbons (Fsp3) is 0.417. The van der Waals surface area contributed by atoms with Crippen molar-refractivity contribution >= 4 is 17.5 Å². The Labute approximate surface area is 172 Å². The van der Waals surface area contributed by atoms with Crippen molar-refractivity contribution in [2.24, 2.45) is 5.92 Å². The minimum atomic E-state index is 0.00535. The Kier molecular flexibility index (Phi) is 6.13. The average Bonchev–Trinajstić information content (AvgIpc) is 2.79. The lowest BCUT2D eigenvalue weighted by Gasteiger charge is -2.36. The second-order valence-electron chi connectivity index (χ2n) is 7.79. The van der Waals surface area contributed by atoms with Crippen molar-refractivity contribution in [1.82, 2.24) is 4.90 Å². The normalized spacial score (nSPS) is 17.0. The Morgan fingerprint density at radius 1 is 0.931 bits per heavy atom. The summed E-state index contributed by atoms with van der Waals surface area (Å²) in [5, 5.41) is 0. The number of piperidine rings is 1. The summed E-state index contributed by atoms with van der Waals surface area (Å²) in [6, 6.07) is 17.8. The maximum absolute atomic E-state index is 13.1. The summed E-state index contributed by atoms with van der Waals surface area (Å²) < 4.78 is 5.63. The molecule has 4 rings (SSSR count). The van der Waals surface area contributed by atoms with Gasteiger partial charge in [0.25, 0.3) is 0 Å². The van der Waals surface area contributed by atoms with Gasteiger partial charge in [-0.25, -0.2) is 0 Å². The van der Waals surface area contributed by atoms with Crippen molar-refractivity contribution in [1.29, 1.82) is 0 Å². The molecule has 0 bridgehead atoms. The van der Waals surface area contributed by atoms with Crippen molar-refractivity contribution < 1.29 is 14.3 Å². The van der Waals surface area contributed by atoms with E-state index in [1.54, 1.807) is 0 Å². The summed E-state index contributed by atoms with van der Waals surface area (Å²) in [6.07, 6.45) is 3.90. The predicted octanol–water partition coefficient (Wildman–Crippen LogP) is 3.67. The highest BCUT2D eigenvalue weighted by molar-refractivity contribution is 5.96. The minimum absolute atomic E-state index is 0.00535. The van der Waals surface area contributed by atoms with Gasteiger partial charge in [-0.15, -0.1) is 0 Å². The molecule has 1 saturated heterocycles. The van der Waals surface area contributed by atoms with Gasteiger partial charge in [0.2, 0.25) is 11.8 Å². The largest absolute Gasteiger partial charge is 0.493 e. The Bertz CT molecular complexity index is 844. The third-order valence-electron chi connectivity index (χ3n) is 5.90. The average molecular weight is 392 g/mol. The molecule has 2 amide bonds. The lowest BCUT2D eigenvalue weighted by molar-refractivity contribution is -0.135. The number of fused-ring (bicyclic) bond motifs is 1. The van der Waals surface area contributed by atoms with Crippen LogP contribution in [0.15, 0.2) is 54.6 Å². The van der Waals surface area contributed by atoms with E-state index in [0.29, 0.717) is 26.1 Å². The molecular weight excluding hydrogens is 364 g/mol. The second-order valence-corrected chi connectivity index (χ2v) is 7.79. The first-order valence-corrected chi connectivity index (χ1v) is 10.6. The third kappa shape index (κ3) is 4.61. The highest BCUT2D eigenvalue weighted by atomic mass is 16.5. The molecule has 0 aromatic heterocycles. The van der Waals surface area contributed by atoms with E-state index in [1.165, 1.54) is 5.56 Å². The third-order valence-corrected chi connectivity index (χ3v) is 5.90. The molecule has 0 unspecified atom stereocenters. The van der Waals surface area contributed by atoms with E-state index >= 15 is 0 Å². The van der Waals surface area contributed by atoms with Crippen LogP contribution in [0.3, 0.4) is 0 Å². The van der Waals surface area contributed by atoms with Crippen LogP contribution >= 0.6 is 0 Å². The second kappa shape index (κ2) is 9.12. The molecule has 0 aliphatic carbocycles. The van der Waals surface area contributed by atoms with Gasteiger partial charge < -0.3 is 14.5 Å². The maximum atomic E-state index is 13.1. The summed E-state index contributed by atoms with van der Waals surface area (Å²) in [6.45, 7) is 2.48. The Morgan fingerprint density at radius 3 is 2.45 bits per heavy atom. The smallest absolute Gasteiger partial charge is 0.230 e. The number of hydrogen-bond acceptors (Lipinski definition) is 3. The van der Waals surface area contributed by atoms with Gasteiger partial charge in [0.15, 0.2) is 0 Å². The van der Waals surface area contributed by atoms with Crippen molar-refractivity contribution in [3.05, 3.63) is 60.2 Å². The highest BCUT2D eigenvalue weighted by Gasteiger charge is 2.32. The number of ether oxygens (including phenoxy) is 1. The maximum Gasteiger partial charge on any atom is 0.230 e. The number of benzene rings is 2. The monoisotopic (exact) mass is 392 g/mol. The molecule has 2 aliphatic heterocycles. The number of carbonyl (C=O) groups is 2. The topological polar surface area (TPSA) is 49.9 Å². The van der Waals surface area contributed by atoms with Crippen LogP contribution in [-0.4, -0.2) is 43.0 Å². The lowest BCUT2D eigenvalue weighted by Crippen LogP contribution is -2.46. The van der Waals surface area contributed by atoms with Crippen LogP contribution in [0.5, 0.6) is 5.75 Å². The van der Waals surface area contributed by atoms with Gasteiger partial charge in [-0.1, -0.05) is 36.4 Å². The molecule has 5 nitrogen and oxygen atoms in total. The van der Waals surface area contributed by atoms with Crippen molar-refractivity contribution in [3.8, 4) is 5.75 Å². The van der Waals surface area contributed by atoms with Gasteiger partial charge in [0, 0.05) is 31.2 Å². The first-order chi connectivity index (χ1) is 14.2. The van der Waals surface area contributed by atoms with E-state index in [0.717, 1.165) is 43.7 Å². The summed E-state index contributed by atoms with van der Waals surface area (Å²) in [4.78, 5) is 29.4. The lowest BCUT2D eigenvalue weighted by atomic mass is 9.93. The van der Waals surface area contributed by atoms with Gasteiger partial charge in [-0.05, 0) is 49.4 Å². The zero-order valence-corrected chi connectivity index (χ0v) is 16.8. The van der Waals surface area contributed by atoms with Crippen LogP contribution in [0.4, 0.5) is 5.69 Å². The number of para-hydroxylation sites is 2. The van der Waals surface area contributed by atoms with Crippen LogP contribution in [0.1, 0.15) is 31.2 Å². The van der Waals surface area contributed by atoms with Gasteiger partial charge in [0.1, 0.15) is 5.75 Å².